The smallest absolute Gasteiger partial charge is 0.409 e. The number of hydrogen-bond donors (Lipinski definition) is 1. The molecule has 2 aliphatic rings. The van der Waals surface area contributed by atoms with Crippen LogP contribution in [0.25, 0.3) is 10.8 Å². The van der Waals surface area contributed by atoms with Gasteiger partial charge in [0.15, 0.2) is 0 Å². The van der Waals surface area contributed by atoms with Gasteiger partial charge >= 0.3 is 6.09 Å². The molecule has 2 heterocycles. The minimum Gasteiger partial charge on any atom is -0.491 e. The number of amides is 1. The Bertz CT molecular complexity index is 1080. The molecule has 0 aliphatic carbocycles. The van der Waals surface area contributed by atoms with Gasteiger partial charge in [-0.2, -0.15) is 0 Å². The van der Waals surface area contributed by atoms with Crippen LogP contribution < -0.4 is 4.74 Å². The molecule has 6 heteroatoms. The van der Waals surface area contributed by atoms with Crippen LogP contribution in [0.15, 0.2) is 66.7 Å². The van der Waals surface area contributed by atoms with Gasteiger partial charge in [-0.05, 0) is 58.9 Å². The Labute approximate surface area is 187 Å². The van der Waals surface area contributed by atoms with Gasteiger partial charge < -0.3 is 19.3 Å². The standard InChI is InChI=1S/C26H27NO5/c28-26(29)27-12-11-22(20-7-9-23(10-8-20)30-16-24-17-31-24)14-25(27)32-15-18-5-6-19-3-1-2-4-21(19)13-18/h1-10,13,22,24-25H,11-12,14-17H2,(H,28,29). The van der Waals surface area contributed by atoms with E-state index in [0.717, 1.165) is 29.7 Å². The molecule has 3 atom stereocenters. The van der Waals surface area contributed by atoms with E-state index in [9.17, 15) is 9.90 Å². The second kappa shape index (κ2) is 9.18. The van der Waals surface area contributed by atoms with E-state index in [4.69, 9.17) is 14.2 Å². The molecule has 2 fully saturated rings. The van der Waals surface area contributed by atoms with Crippen LogP contribution in [0.3, 0.4) is 0 Å². The molecule has 32 heavy (non-hydrogen) atoms. The van der Waals surface area contributed by atoms with Crippen LogP contribution in [-0.2, 0) is 16.1 Å². The van der Waals surface area contributed by atoms with E-state index < -0.39 is 12.3 Å². The number of hydrogen-bond acceptors (Lipinski definition) is 4. The van der Waals surface area contributed by atoms with Crippen molar-refractivity contribution in [3.05, 3.63) is 77.9 Å². The molecule has 3 aromatic rings. The summed E-state index contributed by atoms with van der Waals surface area (Å²) in [5.74, 6) is 1.07. The first-order valence-electron chi connectivity index (χ1n) is 11.1. The molecule has 5 rings (SSSR count). The van der Waals surface area contributed by atoms with Crippen molar-refractivity contribution in [3.63, 3.8) is 0 Å². The third-order valence-corrected chi connectivity index (χ3v) is 6.24. The highest BCUT2D eigenvalue weighted by Gasteiger charge is 2.33. The maximum atomic E-state index is 11.8. The summed E-state index contributed by atoms with van der Waals surface area (Å²) in [6.45, 7) is 2.20. The van der Waals surface area contributed by atoms with E-state index >= 15 is 0 Å². The van der Waals surface area contributed by atoms with Gasteiger partial charge in [0.05, 0.1) is 13.2 Å². The Morgan fingerprint density at radius 1 is 1.06 bits per heavy atom. The van der Waals surface area contributed by atoms with Crippen molar-refractivity contribution in [2.45, 2.75) is 37.7 Å². The molecule has 2 aliphatic heterocycles. The zero-order valence-electron chi connectivity index (χ0n) is 17.9. The van der Waals surface area contributed by atoms with Crippen molar-refractivity contribution in [3.8, 4) is 5.75 Å². The molecule has 166 valence electrons. The lowest BCUT2D eigenvalue weighted by Crippen LogP contribution is -2.46. The predicted octanol–water partition coefficient (Wildman–Crippen LogP) is 5.02. The van der Waals surface area contributed by atoms with Gasteiger partial charge in [0.2, 0.25) is 0 Å². The van der Waals surface area contributed by atoms with E-state index in [1.54, 1.807) is 0 Å². The van der Waals surface area contributed by atoms with E-state index in [-0.39, 0.29) is 12.0 Å². The number of rotatable bonds is 7. The van der Waals surface area contributed by atoms with Crippen molar-refractivity contribution in [1.82, 2.24) is 4.90 Å². The summed E-state index contributed by atoms with van der Waals surface area (Å²) in [4.78, 5) is 13.2. The minimum atomic E-state index is -0.932. The molecule has 3 aromatic carbocycles. The highest BCUT2D eigenvalue weighted by atomic mass is 16.6. The van der Waals surface area contributed by atoms with Gasteiger partial charge in [-0.3, -0.25) is 4.90 Å². The molecule has 6 nitrogen and oxygen atoms in total. The van der Waals surface area contributed by atoms with Crippen LogP contribution in [-0.4, -0.2) is 48.2 Å². The fourth-order valence-electron chi connectivity index (χ4n) is 4.32. The lowest BCUT2D eigenvalue weighted by molar-refractivity contribution is -0.0792. The first-order chi connectivity index (χ1) is 15.7. The zero-order valence-corrected chi connectivity index (χ0v) is 17.9. The summed E-state index contributed by atoms with van der Waals surface area (Å²) in [6, 6.07) is 22.5. The number of benzene rings is 3. The van der Waals surface area contributed by atoms with Crippen molar-refractivity contribution in [1.29, 1.82) is 0 Å². The number of carbonyl (C=O) groups is 1. The second-order valence-electron chi connectivity index (χ2n) is 8.48. The molecular weight excluding hydrogens is 406 g/mol. The van der Waals surface area contributed by atoms with Gasteiger partial charge in [0.25, 0.3) is 0 Å². The van der Waals surface area contributed by atoms with Crippen molar-refractivity contribution < 1.29 is 24.1 Å². The predicted molar refractivity (Wildman–Crippen MR) is 121 cm³/mol. The third-order valence-electron chi connectivity index (χ3n) is 6.24. The Morgan fingerprint density at radius 3 is 2.59 bits per heavy atom. The van der Waals surface area contributed by atoms with Crippen LogP contribution in [0.5, 0.6) is 5.75 Å². The summed E-state index contributed by atoms with van der Waals surface area (Å²) in [5, 5.41) is 12.0. The average molecular weight is 434 g/mol. The fourth-order valence-corrected chi connectivity index (χ4v) is 4.32. The normalized spacial score (nSPS) is 22.6. The number of ether oxygens (including phenoxy) is 3. The maximum absolute atomic E-state index is 11.8. The van der Waals surface area contributed by atoms with Crippen LogP contribution >= 0.6 is 0 Å². The van der Waals surface area contributed by atoms with Crippen LogP contribution in [0.1, 0.15) is 29.9 Å². The van der Waals surface area contributed by atoms with E-state index in [2.05, 4.69) is 36.4 Å². The van der Waals surface area contributed by atoms with Gasteiger partial charge in [0, 0.05) is 6.54 Å². The molecule has 0 spiro atoms. The second-order valence-corrected chi connectivity index (χ2v) is 8.48. The lowest BCUT2D eigenvalue weighted by atomic mass is 9.88. The molecule has 0 aromatic heterocycles. The number of piperidine rings is 1. The molecule has 0 saturated carbocycles. The van der Waals surface area contributed by atoms with Gasteiger partial charge in [-0.25, -0.2) is 4.79 Å². The SMILES string of the molecule is O=C(O)N1CCC(c2ccc(OCC3CO3)cc2)CC1OCc1ccc2ccccc2c1. The van der Waals surface area contributed by atoms with E-state index in [0.29, 0.717) is 26.2 Å². The van der Waals surface area contributed by atoms with Gasteiger partial charge in [-0.15, -0.1) is 0 Å². The molecule has 3 unspecified atom stereocenters. The van der Waals surface area contributed by atoms with Crippen molar-refractivity contribution >= 4 is 16.9 Å². The zero-order chi connectivity index (χ0) is 21.9. The number of carboxylic acid groups (broad SMARTS) is 1. The fraction of sp³-hybridized carbons (Fsp3) is 0.346. The monoisotopic (exact) mass is 433 g/mol. The van der Waals surface area contributed by atoms with Crippen molar-refractivity contribution in [2.24, 2.45) is 0 Å². The Hall–Kier alpha value is -3.09. The van der Waals surface area contributed by atoms with Crippen LogP contribution in [0.2, 0.25) is 0 Å². The summed E-state index contributed by atoms with van der Waals surface area (Å²) in [7, 11) is 0. The highest BCUT2D eigenvalue weighted by Crippen LogP contribution is 2.33. The molecule has 0 radical (unpaired) electrons. The van der Waals surface area contributed by atoms with E-state index in [1.807, 2.05) is 30.3 Å². The highest BCUT2D eigenvalue weighted by molar-refractivity contribution is 5.82. The first-order valence-corrected chi connectivity index (χ1v) is 11.1. The Morgan fingerprint density at radius 2 is 1.84 bits per heavy atom. The quantitative estimate of drug-likeness (QED) is 0.530. The largest absolute Gasteiger partial charge is 0.491 e. The molecular formula is C26H27NO5. The maximum Gasteiger partial charge on any atom is 0.409 e. The Balaban J connectivity index is 1.24. The number of nitrogens with zero attached hydrogens (tertiary/aromatic N) is 1. The van der Waals surface area contributed by atoms with Crippen molar-refractivity contribution in [2.75, 3.05) is 19.8 Å². The summed E-state index contributed by atoms with van der Waals surface area (Å²) < 4.78 is 17.0. The van der Waals surface area contributed by atoms with Gasteiger partial charge in [0.1, 0.15) is 24.7 Å². The lowest BCUT2D eigenvalue weighted by Gasteiger charge is -2.37. The number of epoxide rings is 1. The third kappa shape index (κ3) is 4.87. The molecule has 1 N–H and O–H groups in total. The summed E-state index contributed by atoms with van der Waals surface area (Å²) in [6.07, 6.45) is 0.239. The molecule has 1 amide bonds. The summed E-state index contributed by atoms with van der Waals surface area (Å²) in [5.41, 5.74) is 2.22. The molecule has 0 bridgehead atoms. The Kier molecular flexibility index (Phi) is 5.97. The first kappa shape index (κ1) is 20.8. The topological polar surface area (TPSA) is 71.5 Å². The molecule has 2 saturated heterocycles. The van der Waals surface area contributed by atoms with Gasteiger partial charge in [-0.1, -0.05) is 48.5 Å². The van der Waals surface area contributed by atoms with Crippen LogP contribution in [0.4, 0.5) is 4.79 Å². The van der Waals surface area contributed by atoms with Crippen LogP contribution in [0, 0.1) is 0 Å². The average Bonchev–Trinajstić information content (AvgIpc) is 3.66. The van der Waals surface area contributed by atoms with E-state index in [1.165, 1.54) is 15.8 Å². The number of fused-ring (bicyclic) bond motifs is 1. The minimum absolute atomic E-state index is 0.232. The number of likely N-dealkylation sites (tertiary alicyclic amines) is 1. The summed E-state index contributed by atoms with van der Waals surface area (Å²) >= 11 is 0.